The lowest BCUT2D eigenvalue weighted by Gasteiger charge is -2.15. The summed E-state index contributed by atoms with van der Waals surface area (Å²) in [4.78, 5) is 13.9. The molecule has 1 aliphatic rings. The lowest BCUT2D eigenvalue weighted by atomic mass is 10.2. The van der Waals surface area contributed by atoms with Crippen molar-refractivity contribution in [2.45, 2.75) is 25.1 Å². The summed E-state index contributed by atoms with van der Waals surface area (Å²) in [5.41, 5.74) is -1.89. The number of amides is 1. The second-order valence-corrected chi connectivity index (χ2v) is 5.46. The van der Waals surface area contributed by atoms with Crippen LogP contribution in [0.2, 0.25) is 5.15 Å². The topological polar surface area (TPSA) is 50.2 Å². The molecule has 1 amide bonds. The zero-order valence-corrected chi connectivity index (χ0v) is 12.4. The van der Waals surface area contributed by atoms with Crippen molar-refractivity contribution in [2.75, 3.05) is 20.1 Å². The first-order valence-corrected chi connectivity index (χ1v) is 6.87. The molecule has 1 aromatic heterocycles. The first kappa shape index (κ1) is 16.1. The summed E-state index contributed by atoms with van der Waals surface area (Å²) >= 11 is 5.57. The van der Waals surface area contributed by atoms with E-state index in [1.807, 2.05) is 7.05 Å². The maximum atomic E-state index is 12.9. The molecule has 0 radical (unpaired) electrons. The molecule has 9 heteroatoms. The Balaban J connectivity index is 2.03. The van der Waals surface area contributed by atoms with E-state index in [9.17, 15) is 18.0 Å². The fourth-order valence-corrected chi connectivity index (χ4v) is 2.28. The van der Waals surface area contributed by atoms with Crippen molar-refractivity contribution in [1.29, 1.82) is 0 Å². The van der Waals surface area contributed by atoms with Gasteiger partial charge in [0, 0.05) is 26.2 Å². The maximum Gasteiger partial charge on any atom is 0.421 e. The van der Waals surface area contributed by atoms with Crippen molar-refractivity contribution in [3.63, 3.8) is 0 Å². The number of likely N-dealkylation sites (N-methyl/N-ethyl adjacent to an activating group) is 1. The van der Waals surface area contributed by atoms with Gasteiger partial charge in [-0.15, -0.1) is 0 Å². The second kappa shape index (κ2) is 5.84. The number of hydrogen-bond donors (Lipinski definition) is 1. The highest BCUT2D eigenvalue weighted by atomic mass is 35.5. The van der Waals surface area contributed by atoms with Crippen molar-refractivity contribution in [3.8, 4) is 0 Å². The highest BCUT2D eigenvalue weighted by molar-refractivity contribution is 6.31. The van der Waals surface area contributed by atoms with E-state index in [-0.39, 0.29) is 6.54 Å². The van der Waals surface area contributed by atoms with Crippen molar-refractivity contribution in [2.24, 2.45) is 7.05 Å². The van der Waals surface area contributed by atoms with Crippen LogP contribution >= 0.6 is 11.6 Å². The van der Waals surface area contributed by atoms with Crippen LogP contribution in [0.25, 0.3) is 0 Å². The molecule has 0 atom stereocenters. The van der Waals surface area contributed by atoms with E-state index >= 15 is 0 Å². The van der Waals surface area contributed by atoms with Crippen LogP contribution in [0.4, 0.5) is 13.2 Å². The number of halogens is 4. The summed E-state index contributed by atoms with van der Waals surface area (Å²) < 4.78 is 39.6. The molecule has 1 aromatic rings. The van der Waals surface area contributed by atoms with Gasteiger partial charge >= 0.3 is 6.18 Å². The molecule has 0 saturated heterocycles. The molecule has 0 aromatic carbocycles. The highest BCUT2D eigenvalue weighted by Gasteiger charge is 2.41. The van der Waals surface area contributed by atoms with Crippen LogP contribution in [0, 0.1) is 0 Å². The van der Waals surface area contributed by atoms with Crippen molar-refractivity contribution in [3.05, 3.63) is 16.4 Å². The predicted octanol–water partition coefficient (Wildman–Crippen LogP) is 1.92. The van der Waals surface area contributed by atoms with E-state index in [1.165, 1.54) is 7.05 Å². The summed E-state index contributed by atoms with van der Waals surface area (Å²) in [7, 11) is 3.18. The molecule has 0 spiro atoms. The van der Waals surface area contributed by atoms with Gasteiger partial charge < -0.3 is 10.2 Å². The average molecular weight is 325 g/mol. The minimum absolute atomic E-state index is 0.261. The summed E-state index contributed by atoms with van der Waals surface area (Å²) in [6, 6.07) is 0.525. The van der Waals surface area contributed by atoms with Crippen LogP contribution in [0.1, 0.15) is 28.9 Å². The molecule has 0 bridgehead atoms. The van der Waals surface area contributed by atoms with Crippen molar-refractivity contribution < 1.29 is 18.0 Å². The van der Waals surface area contributed by atoms with Crippen LogP contribution in [0.15, 0.2) is 0 Å². The quantitative estimate of drug-likeness (QED) is 0.900. The number of nitrogens with one attached hydrogen (secondary N) is 1. The van der Waals surface area contributed by atoms with Gasteiger partial charge in [-0.2, -0.15) is 18.3 Å². The number of carbonyl (C=O) groups excluding carboxylic acids is 1. The van der Waals surface area contributed by atoms with Gasteiger partial charge in [0.05, 0.1) is 0 Å². The SMILES string of the molecule is CN(CCNC(=O)c1nn(C)c(Cl)c1C(F)(F)F)C1CC1. The Bertz CT molecular complexity index is 539. The Kier molecular flexibility index (Phi) is 4.48. The van der Waals surface area contributed by atoms with E-state index in [1.54, 1.807) is 0 Å². The molecule has 21 heavy (non-hydrogen) atoms. The molecule has 2 rings (SSSR count). The monoisotopic (exact) mass is 324 g/mol. The summed E-state index contributed by atoms with van der Waals surface area (Å²) in [6.07, 6.45) is -2.47. The second-order valence-electron chi connectivity index (χ2n) is 5.10. The molecule has 1 N–H and O–H groups in total. The van der Waals surface area contributed by atoms with E-state index in [0.717, 1.165) is 17.5 Å². The highest BCUT2D eigenvalue weighted by Crippen LogP contribution is 2.36. The molecule has 0 aliphatic heterocycles. The van der Waals surface area contributed by atoms with Crippen LogP contribution in [0.3, 0.4) is 0 Å². The summed E-state index contributed by atoms with van der Waals surface area (Å²) in [5, 5.41) is 5.42. The van der Waals surface area contributed by atoms with Gasteiger partial charge in [-0.3, -0.25) is 9.48 Å². The van der Waals surface area contributed by atoms with E-state index in [2.05, 4.69) is 15.3 Å². The standard InChI is InChI=1S/C12H16ClF3N4O/c1-19(7-3-4-7)6-5-17-11(21)9-8(12(14,15)16)10(13)20(2)18-9/h7H,3-6H2,1-2H3,(H,17,21). The zero-order valence-electron chi connectivity index (χ0n) is 11.7. The number of aromatic nitrogens is 2. The summed E-state index contributed by atoms with van der Waals surface area (Å²) in [5.74, 6) is -0.867. The van der Waals surface area contributed by atoms with Gasteiger partial charge in [-0.05, 0) is 19.9 Å². The number of alkyl halides is 3. The van der Waals surface area contributed by atoms with E-state index in [4.69, 9.17) is 11.6 Å². The Labute approximate surface area is 125 Å². The number of nitrogens with zero attached hydrogens (tertiary/aromatic N) is 3. The first-order chi connectivity index (χ1) is 9.71. The molecule has 1 saturated carbocycles. The molecule has 5 nitrogen and oxygen atoms in total. The molecule has 1 aliphatic carbocycles. The lowest BCUT2D eigenvalue weighted by Crippen LogP contribution is -2.34. The molecule has 1 heterocycles. The Morgan fingerprint density at radius 3 is 2.67 bits per heavy atom. The Hall–Kier alpha value is -1.28. The van der Waals surface area contributed by atoms with Gasteiger partial charge in [0.1, 0.15) is 10.7 Å². The fourth-order valence-electron chi connectivity index (χ4n) is 2.04. The van der Waals surface area contributed by atoms with Gasteiger partial charge in [0.15, 0.2) is 5.69 Å². The maximum absolute atomic E-state index is 12.9. The van der Waals surface area contributed by atoms with Gasteiger partial charge in [-0.25, -0.2) is 0 Å². The number of aryl methyl sites for hydroxylation is 1. The minimum Gasteiger partial charge on any atom is -0.349 e. The molecule has 1 fully saturated rings. The molecular formula is C12H16ClF3N4O. The number of carbonyl (C=O) groups is 1. The van der Waals surface area contributed by atoms with Crippen molar-refractivity contribution >= 4 is 17.5 Å². The smallest absolute Gasteiger partial charge is 0.349 e. The Morgan fingerprint density at radius 1 is 1.52 bits per heavy atom. The largest absolute Gasteiger partial charge is 0.421 e. The molecule has 0 unspecified atom stereocenters. The number of rotatable bonds is 5. The molecule has 118 valence electrons. The zero-order chi connectivity index (χ0) is 15.8. The predicted molar refractivity (Wildman–Crippen MR) is 71.2 cm³/mol. The minimum atomic E-state index is -4.72. The average Bonchev–Trinajstić information content (AvgIpc) is 3.15. The lowest BCUT2D eigenvalue weighted by molar-refractivity contribution is -0.137. The molecular weight excluding hydrogens is 309 g/mol. The first-order valence-electron chi connectivity index (χ1n) is 6.50. The normalized spacial score (nSPS) is 15.6. The number of hydrogen-bond acceptors (Lipinski definition) is 3. The van der Waals surface area contributed by atoms with Gasteiger partial charge in [0.2, 0.25) is 0 Å². The van der Waals surface area contributed by atoms with Crippen molar-refractivity contribution in [1.82, 2.24) is 20.0 Å². The van der Waals surface area contributed by atoms with Crippen LogP contribution < -0.4 is 5.32 Å². The third-order valence-corrected chi connectivity index (χ3v) is 3.83. The van der Waals surface area contributed by atoms with Gasteiger partial charge in [0.25, 0.3) is 5.91 Å². The van der Waals surface area contributed by atoms with Crippen LogP contribution in [-0.2, 0) is 13.2 Å². The van der Waals surface area contributed by atoms with E-state index < -0.39 is 28.5 Å². The van der Waals surface area contributed by atoms with Crippen LogP contribution in [0.5, 0.6) is 0 Å². The van der Waals surface area contributed by atoms with E-state index in [0.29, 0.717) is 12.6 Å². The fraction of sp³-hybridized carbons (Fsp3) is 0.667. The Morgan fingerprint density at radius 2 is 2.14 bits per heavy atom. The summed E-state index contributed by atoms with van der Waals surface area (Å²) in [6.45, 7) is 0.843. The third-order valence-electron chi connectivity index (χ3n) is 3.40. The van der Waals surface area contributed by atoms with Gasteiger partial charge in [-0.1, -0.05) is 11.6 Å². The third kappa shape index (κ3) is 3.68. The van der Waals surface area contributed by atoms with Crippen LogP contribution in [-0.4, -0.2) is 46.8 Å².